The lowest BCUT2D eigenvalue weighted by atomic mass is 10.2. The fourth-order valence-corrected chi connectivity index (χ4v) is 4.01. The molecule has 8 N–H and O–H groups in total. The van der Waals surface area contributed by atoms with Crippen molar-refractivity contribution in [1.82, 2.24) is 30.9 Å². The Morgan fingerprint density at radius 2 is 1.02 bits per heavy atom. The third-order valence-electron chi connectivity index (χ3n) is 6.91. The lowest BCUT2D eigenvalue weighted by molar-refractivity contribution is -0.171. The van der Waals surface area contributed by atoms with E-state index >= 15 is 0 Å². The van der Waals surface area contributed by atoms with Crippen LogP contribution in [0.5, 0.6) is 0 Å². The lowest BCUT2D eigenvalue weighted by Crippen LogP contribution is -2.31. The number of carbonyl (C=O) groups is 7. The summed E-state index contributed by atoms with van der Waals surface area (Å²) in [6, 6.07) is 0. The van der Waals surface area contributed by atoms with Gasteiger partial charge in [-0.1, -0.05) is 6.42 Å². The van der Waals surface area contributed by atoms with Crippen molar-refractivity contribution in [2.45, 2.75) is 103 Å². The van der Waals surface area contributed by atoms with Crippen molar-refractivity contribution in [3.8, 4) is 0 Å². The first-order valence-electron chi connectivity index (χ1n) is 16.0. The van der Waals surface area contributed by atoms with Gasteiger partial charge < -0.3 is 16.4 Å². The van der Waals surface area contributed by atoms with Crippen LogP contribution >= 0.6 is 0 Å². The molecule has 18 nitrogen and oxygen atoms in total. The monoisotopic (exact) mass is 675 g/mol. The Labute approximate surface area is 275 Å². The fourth-order valence-electron chi connectivity index (χ4n) is 4.01. The molecular weight excluding hydrogens is 622 g/mol. The molecule has 18 heteroatoms. The van der Waals surface area contributed by atoms with Crippen molar-refractivity contribution in [2.24, 2.45) is 5.73 Å². The highest BCUT2D eigenvalue weighted by atomic mass is 16.5. The molecule has 1 heterocycles. The van der Waals surface area contributed by atoms with Gasteiger partial charge in [0.2, 0.25) is 29.5 Å². The van der Waals surface area contributed by atoms with Crippen LogP contribution in [-0.4, -0.2) is 122 Å². The van der Waals surface area contributed by atoms with Gasteiger partial charge in [0.25, 0.3) is 11.8 Å². The normalized spacial score (nSPS) is 12.3. The number of imide groups is 1. The summed E-state index contributed by atoms with van der Waals surface area (Å²) in [5.41, 5.74) is 5.39. The number of nitrogens with zero attached hydrogens (tertiary/aromatic N) is 4. The fraction of sp³-hybridized carbons (Fsp3) is 0.759. The molecule has 0 spiro atoms. The van der Waals surface area contributed by atoms with Crippen LogP contribution in [0.25, 0.3) is 0 Å². The van der Waals surface area contributed by atoms with Gasteiger partial charge in [0.15, 0.2) is 0 Å². The Balaban J connectivity index is 0.00000228. The van der Waals surface area contributed by atoms with E-state index in [1.807, 2.05) is 0 Å². The standard InChI is InChI=1S/C25H48N6O8.C4H5NO3/c1-21(32)29(37)18-9-3-6-16-27-22(33)12-14-25(36)31(39)20-10-4-7-17-28-23(34)11-13-24(35)30(38)19-8-2-5-15-26;6-3-1-2-4(7)5(3)8/h37-39H,2-20,26H2,1H3,(H,27,33)(H,28,34);8H,1-2H2. The molecular formula is C29H53N7O11. The largest absolute Gasteiger partial charge is 0.356 e. The van der Waals surface area contributed by atoms with E-state index in [0.29, 0.717) is 73.3 Å². The summed E-state index contributed by atoms with van der Waals surface area (Å²) in [5.74, 6) is -3.06. The number of hydrogen-bond acceptors (Lipinski definition) is 12. The van der Waals surface area contributed by atoms with Gasteiger partial charge in [0.05, 0.1) is 0 Å². The molecule has 1 saturated heterocycles. The predicted octanol–water partition coefficient (Wildman–Crippen LogP) is 0.447. The van der Waals surface area contributed by atoms with Crippen LogP contribution in [-0.2, 0) is 33.6 Å². The Morgan fingerprint density at radius 1 is 0.638 bits per heavy atom. The summed E-state index contributed by atoms with van der Waals surface area (Å²) in [4.78, 5) is 78.9. The molecule has 1 rings (SSSR count). The molecule has 47 heavy (non-hydrogen) atoms. The Morgan fingerprint density at radius 3 is 1.36 bits per heavy atom. The number of rotatable bonds is 23. The second-order valence-electron chi connectivity index (χ2n) is 10.9. The minimum absolute atomic E-state index is 0.0191. The number of amides is 7. The van der Waals surface area contributed by atoms with Gasteiger partial charge in [-0.25, -0.2) is 15.2 Å². The average Bonchev–Trinajstić information content (AvgIpc) is 3.34. The molecule has 1 aliphatic heterocycles. The van der Waals surface area contributed by atoms with E-state index in [9.17, 15) is 49.2 Å². The molecule has 0 aromatic heterocycles. The Bertz CT molecular complexity index is 984. The smallest absolute Gasteiger partial charge is 0.253 e. The SMILES string of the molecule is CC(=O)N(O)CCCCCNC(=O)CCC(=O)N(O)CCCCCNC(=O)CCC(=O)N(O)CCCCCN.O=C1CCC(=O)N1O. The zero-order valence-corrected chi connectivity index (χ0v) is 27.4. The van der Waals surface area contributed by atoms with E-state index in [-0.39, 0.29) is 75.0 Å². The van der Waals surface area contributed by atoms with Crippen molar-refractivity contribution in [3.05, 3.63) is 0 Å². The quantitative estimate of drug-likeness (QED) is 0.0337. The third-order valence-corrected chi connectivity index (χ3v) is 6.91. The first-order chi connectivity index (χ1) is 22.3. The zero-order valence-electron chi connectivity index (χ0n) is 27.4. The van der Waals surface area contributed by atoms with Crippen LogP contribution in [0.2, 0.25) is 0 Å². The molecule has 270 valence electrons. The number of hydrogen-bond donors (Lipinski definition) is 7. The van der Waals surface area contributed by atoms with E-state index in [1.165, 1.54) is 6.92 Å². The number of hydroxylamine groups is 8. The molecule has 1 fully saturated rings. The van der Waals surface area contributed by atoms with Gasteiger partial charge >= 0.3 is 0 Å². The lowest BCUT2D eigenvalue weighted by Gasteiger charge is -2.15. The predicted molar refractivity (Wildman–Crippen MR) is 164 cm³/mol. The van der Waals surface area contributed by atoms with Gasteiger partial charge in [-0.3, -0.25) is 54.4 Å². The van der Waals surface area contributed by atoms with Crippen LogP contribution in [0.1, 0.15) is 103 Å². The number of nitrogens with two attached hydrogens (primary N) is 1. The van der Waals surface area contributed by atoms with Crippen molar-refractivity contribution in [2.75, 3.05) is 39.3 Å². The van der Waals surface area contributed by atoms with Crippen molar-refractivity contribution < 1.29 is 54.4 Å². The number of nitrogens with one attached hydrogen (secondary N) is 2. The molecule has 0 aromatic carbocycles. The summed E-state index contributed by atoms with van der Waals surface area (Å²) in [6.07, 6.45) is 6.13. The molecule has 7 amide bonds. The first kappa shape index (κ1) is 43.3. The first-order valence-corrected chi connectivity index (χ1v) is 16.0. The van der Waals surface area contributed by atoms with Crippen LogP contribution in [0, 0.1) is 0 Å². The maximum Gasteiger partial charge on any atom is 0.253 e. The minimum atomic E-state index is -0.548. The molecule has 1 aliphatic rings. The topological polar surface area (TPSA) is 263 Å². The molecule has 0 atom stereocenters. The van der Waals surface area contributed by atoms with E-state index in [4.69, 9.17) is 10.9 Å². The molecule has 0 aliphatic carbocycles. The molecule has 0 bridgehead atoms. The summed E-state index contributed by atoms with van der Waals surface area (Å²) in [5, 5.41) is 44.6. The Kier molecular flexibility index (Phi) is 24.3. The molecule has 0 saturated carbocycles. The highest BCUT2D eigenvalue weighted by Crippen LogP contribution is 2.07. The summed E-state index contributed by atoms with van der Waals surface area (Å²) >= 11 is 0. The van der Waals surface area contributed by atoms with E-state index in [0.717, 1.165) is 19.3 Å². The Hall–Kier alpha value is -3.71. The van der Waals surface area contributed by atoms with Crippen LogP contribution in [0.15, 0.2) is 0 Å². The van der Waals surface area contributed by atoms with Crippen molar-refractivity contribution in [3.63, 3.8) is 0 Å². The minimum Gasteiger partial charge on any atom is -0.356 e. The summed E-state index contributed by atoms with van der Waals surface area (Å²) in [7, 11) is 0. The maximum absolute atomic E-state index is 12.0. The summed E-state index contributed by atoms with van der Waals surface area (Å²) in [6.45, 7) is 3.22. The van der Waals surface area contributed by atoms with Crippen molar-refractivity contribution in [1.29, 1.82) is 0 Å². The van der Waals surface area contributed by atoms with Gasteiger partial charge in [0.1, 0.15) is 0 Å². The zero-order chi connectivity index (χ0) is 35.6. The molecule has 0 radical (unpaired) electrons. The van der Waals surface area contributed by atoms with Crippen molar-refractivity contribution >= 4 is 41.4 Å². The molecule has 0 aromatic rings. The van der Waals surface area contributed by atoms with Crippen LogP contribution < -0.4 is 16.4 Å². The number of unbranched alkanes of at least 4 members (excludes halogenated alkanes) is 6. The third kappa shape index (κ3) is 22.5. The molecule has 0 unspecified atom stereocenters. The van der Waals surface area contributed by atoms with Gasteiger partial charge in [-0.05, 0) is 57.9 Å². The highest BCUT2D eigenvalue weighted by molar-refractivity contribution is 6.00. The summed E-state index contributed by atoms with van der Waals surface area (Å²) < 4.78 is 0. The van der Waals surface area contributed by atoms with Gasteiger partial charge in [-0.15, -0.1) is 0 Å². The average molecular weight is 676 g/mol. The van der Waals surface area contributed by atoms with Gasteiger partial charge in [-0.2, -0.15) is 5.06 Å². The highest BCUT2D eigenvalue weighted by Gasteiger charge is 2.26. The van der Waals surface area contributed by atoms with Crippen LogP contribution in [0.4, 0.5) is 0 Å². The van der Waals surface area contributed by atoms with Gasteiger partial charge in [0, 0.05) is 78.2 Å². The van der Waals surface area contributed by atoms with E-state index < -0.39 is 29.5 Å². The maximum atomic E-state index is 12.0. The van der Waals surface area contributed by atoms with E-state index in [1.54, 1.807) is 0 Å². The van der Waals surface area contributed by atoms with E-state index in [2.05, 4.69) is 10.6 Å². The van der Waals surface area contributed by atoms with Crippen LogP contribution in [0.3, 0.4) is 0 Å². The second-order valence-corrected chi connectivity index (χ2v) is 10.9. The number of carbonyl (C=O) groups excluding carboxylic acids is 7. The second kappa shape index (κ2) is 26.4.